The van der Waals surface area contributed by atoms with Crippen molar-refractivity contribution < 1.29 is 14.3 Å². The van der Waals surface area contributed by atoms with Crippen LogP contribution in [-0.4, -0.2) is 30.3 Å². The summed E-state index contributed by atoms with van der Waals surface area (Å²) in [5, 5.41) is 1.47. The molecule has 0 atom stereocenters. The molecule has 0 aliphatic rings. The molecule has 3 aromatic rings. The van der Waals surface area contributed by atoms with Gasteiger partial charge in [-0.15, -0.1) is 0 Å². The zero-order chi connectivity index (χ0) is 20.1. The summed E-state index contributed by atoms with van der Waals surface area (Å²) in [6, 6.07) is 10.4. The SMILES string of the molecule is CCOCCn1c(=NC(=O)COc2ccc(Cl)cc2)sc2ccc(Cl)c(Cl)c21. The Morgan fingerprint density at radius 2 is 1.89 bits per heavy atom. The number of carbonyl (C=O) groups excluding carboxylic acids is 1. The molecule has 2 aromatic carbocycles. The van der Waals surface area contributed by atoms with Crippen molar-refractivity contribution in [3.05, 3.63) is 56.3 Å². The van der Waals surface area contributed by atoms with Crippen molar-refractivity contribution in [1.82, 2.24) is 4.57 Å². The number of rotatable bonds is 7. The number of fused-ring (bicyclic) bond motifs is 1. The minimum absolute atomic E-state index is 0.185. The molecule has 148 valence electrons. The van der Waals surface area contributed by atoms with Crippen molar-refractivity contribution >= 4 is 62.3 Å². The first-order valence-electron chi connectivity index (χ1n) is 8.50. The van der Waals surface area contributed by atoms with Crippen molar-refractivity contribution in [2.75, 3.05) is 19.8 Å². The number of ether oxygens (including phenoxy) is 2. The number of hydrogen-bond donors (Lipinski definition) is 0. The molecule has 1 amide bonds. The molecule has 0 bridgehead atoms. The van der Waals surface area contributed by atoms with Crippen LogP contribution in [0.25, 0.3) is 10.2 Å². The summed E-state index contributed by atoms with van der Waals surface area (Å²) in [5.41, 5.74) is 0.740. The molecule has 0 fully saturated rings. The number of amides is 1. The van der Waals surface area contributed by atoms with Gasteiger partial charge in [0.15, 0.2) is 11.4 Å². The Morgan fingerprint density at radius 3 is 2.61 bits per heavy atom. The van der Waals surface area contributed by atoms with Crippen LogP contribution in [0.2, 0.25) is 15.1 Å². The van der Waals surface area contributed by atoms with Gasteiger partial charge in [0, 0.05) is 18.2 Å². The topological polar surface area (TPSA) is 52.8 Å². The van der Waals surface area contributed by atoms with E-state index in [1.165, 1.54) is 11.3 Å². The second-order valence-electron chi connectivity index (χ2n) is 5.69. The highest BCUT2D eigenvalue weighted by Crippen LogP contribution is 2.32. The van der Waals surface area contributed by atoms with Crippen LogP contribution in [0.1, 0.15) is 6.92 Å². The van der Waals surface area contributed by atoms with E-state index in [0.29, 0.717) is 45.4 Å². The molecule has 3 rings (SSSR count). The normalized spacial score (nSPS) is 11.9. The van der Waals surface area contributed by atoms with Crippen molar-refractivity contribution in [2.45, 2.75) is 13.5 Å². The Morgan fingerprint density at radius 1 is 1.14 bits per heavy atom. The lowest BCUT2D eigenvalue weighted by atomic mass is 10.3. The fourth-order valence-electron chi connectivity index (χ4n) is 2.51. The van der Waals surface area contributed by atoms with Gasteiger partial charge in [-0.2, -0.15) is 4.99 Å². The molecule has 0 N–H and O–H groups in total. The van der Waals surface area contributed by atoms with E-state index in [2.05, 4.69) is 4.99 Å². The van der Waals surface area contributed by atoms with E-state index < -0.39 is 5.91 Å². The Hall–Kier alpha value is -1.57. The van der Waals surface area contributed by atoms with Crippen LogP contribution in [0.5, 0.6) is 5.75 Å². The van der Waals surface area contributed by atoms with Gasteiger partial charge in [0.25, 0.3) is 5.91 Å². The molecule has 9 heteroatoms. The summed E-state index contributed by atoms with van der Waals surface area (Å²) < 4.78 is 13.7. The summed E-state index contributed by atoms with van der Waals surface area (Å²) in [7, 11) is 0. The lowest BCUT2D eigenvalue weighted by Gasteiger charge is -2.07. The van der Waals surface area contributed by atoms with Gasteiger partial charge in [-0.25, -0.2) is 0 Å². The van der Waals surface area contributed by atoms with E-state index in [4.69, 9.17) is 44.3 Å². The maximum atomic E-state index is 12.3. The van der Waals surface area contributed by atoms with E-state index in [1.807, 2.05) is 17.6 Å². The van der Waals surface area contributed by atoms with Crippen LogP contribution in [0.15, 0.2) is 41.4 Å². The van der Waals surface area contributed by atoms with Crippen molar-refractivity contribution in [3.63, 3.8) is 0 Å². The first-order valence-corrected chi connectivity index (χ1v) is 10.5. The standard InChI is InChI=1S/C19H17Cl3N2O3S/c1-2-26-10-9-24-18-15(8-7-14(21)17(18)22)28-19(24)23-16(25)11-27-13-5-3-12(20)4-6-13/h3-8H,2,9-11H2,1H3. The van der Waals surface area contributed by atoms with Gasteiger partial charge < -0.3 is 14.0 Å². The van der Waals surface area contributed by atoms with Gasteiger partial charge in [-0.05, 0) is 43.3 Å². The molecule has 0 saturated carbocycles. The Labute approximate surface area is 181 Å². The molecule has 1 heterocycles. The maximum Gasteiger partial charge on any atom is 0.286 e. The van der Waals surface area contributed by atoms with Crippen molar-refractivity contribution in [2.24, 2.45) is 4.99 Å². The smallest absolute Gasteiger partial charge is 0.286 e. The summed E-state index contributed by atoms with van der Waals surface area (Å²) >= 11 is 19.8. The zero-order valence-electron chi connectivity index (χ0n) is 15.0. The molecule has 0 aliphatic heterocycles. The highest BCUT2D eigenvalue weighted by molar-refractivity contribution is 7.16. The van der Waals surface area contributed by atoms with E-state index in [1.54, 1.807) is 30.3 Å². The number of hydrogen-bond acceptors (Lipinski definition) is 4. The Bertz CT molecular complexity index is 1040. The van der Waals surface area contributed by atoms with Crippen LogP contribution in [0, 0.1) is 0 Å². The number of benzene rings is 2. The first kappa shape index (κ1) is 21.1. The average Bonchev–Trinajstić information content (AvgIpc) is 3.02. The third kappa shape index (κ3) is 5.07. The predicted molar refractivity (Wildman–Crippen MR) is 114 cm³/mol. The van der Waals surface area contributed by atoms with Gasteiger partial charge >= 0.3 is 0 Å². The molecule has 0 unspecified atom stereocenters. The molecule has 5 nitrogen and oxygen atoms in total. The number of thiazole rings is 1. The number of halogens is 3. The van der Waals surface area contributed by atoms with Crippen molar-refractivity contribution in [1.29, 1.82) is 0 Å². The monoisotopic (exact) mass is 458 g/mol. The van der Waals surface area contributed by atoms with Gasteiger partial charge in [0.05, 0.1) is 26.9 Å². The minimum Gasteiger partial charge on any atom is -0.484 e. The van der Waals surface area contributed by atoms with Crippen LogP contribution in [-0.2, 0) is 16.1 Å². The maximum absolute atomic E-state index is 12.3. The molecule has 28 heavy (non-hydrogen) atoms. The summed E-state index contributed by atoms with van der Waals surface area (Å²) in [5.74, 6) is 0.136. The molecule has 0 radical (unpaired) electrons. The van der Waals surface area contributed by atoms with E-state index in [0.717, 1.165) is 10.2 Å². The summed E-state index contributed by atoms with van der Waals surface area (Å²) in [6.07, 6.45) is 0. The molecule has 1 aromatic heterocycles. The number of nitrogens with zero attached hydrogens (tertiary/aromatic N) is 2. The third-order valence-electron chi connectivity index (χ3n) is 3.79. The van der Waals surface area contributed by atoms with Crippen LogP contribution in [0.4, 0.5) is 0 Å². The summed E-state index contributed by atoms with van der Waals surface area (Å²) in [4.78, 5) is 17.1. The molecular weight excluding hydrogens is 443 g/mol. The largest absolute Gasteiger partial charge is 0.484 e. The van der Waals surface area contributed by atoms with Gasteiger partial charge in [0.1, 0.15) is 5.75 Å². The van der Waals surface area contributed by atoms with E-state index in [-0.39, 0.29) is 6.61 Å². The molecular formula is C19H17Cl3N2O3S. The van der Waals surface area contributed by atoms with Gasteiger partial charge in [0.2, 0.25) is 0 Å². The minimum atomic E-state index is -0.408. The predicted octanol–water partition coefficient (Wildman–Crippen LogP) is 5.21. The van der Waals surface area contributed by atoms with E-state index >= 15 is 0 Å². The average molecular weight is 460 g/mol. The summed E-state index contributed by atoms with van der Waals surface area (Å²) in [6.45, 7) is 3.29. The molecule has 0 saturated heterocycles. The number of carbonyl (C=O) groups is 1. The Kier molecular flexibility index (Phi) is 7.37. The first-order chi connectivity index (χ1) is 13.5. The second kappa shape index (κ2) is 9.76. The fraction of sp³-hybridized carbons (Fsp3) is 0.263. The van der Waals surface area contributed by atoms with Crippen LogP contribution in [0.3, 0.4) is 0 Å². The van der Waals surface area contributed by atoms with Gasteiger partial charge in [-0.3, -0.25) is 4.79 Å². The second-order valence-corrected chi connectivity index (χ2v) is 7.92. The Balaban J connectivity index is 1.89. The highest BCUT2D eigenvalue weighted by atomic mass is 35.5. The van der Waals surface area contributed by atoms with E-state index in [9.17, 15) is 4.79 Å². The molecule has 0 spiro atoms. The number of aromatic nitrogens is 1. The molecule has 0 aliphatic carbocycles. The highest BCUT2D eigenvalue weighted by Gasteiger charge is 2.13. The fourth-order valence-corrected chi connectivity index (χ4v) is 4.19. The van der Waals surface area contributed by atoms with Crippen LogP contribution < -0.4 is 9.54 Å². The van der Waals surface area contributed by atoms with Gasteiger partial charge in [-0.1, -0.05) is 46.1 Å². The van der Waals surface area contributed by atoms with Crippen molar-refractivity contribution in [3.8, 4) is 5.75 Å². The quantitative estimate of drug-likeness (QED) is 0.456. The third-order valence-corrected chi connectivity index (χ3v) is 5.88. The van der Waals surface area contributed by atoms with Crippen LogP contribution >= 0.6 is 46.1 Å². The lowest BCUT2D eigenvalue weighted by Crippen LogP contribution is -2.21. The zero-order valence-corrected chi connectivity index (χ0v) is 18.0. The lowest BCUT2D eigenvalue weighted by molar-refractivity contribution is -0.120.